The van der Waals surface area contributed by atoms with Crippen molar-refractivity contribution in [2.24, 2.45) is 0 Å². The van der Waals surface area contributed by atoms with Crippen molar-refractivity contribution in [3.8, 4) is 0 Å². The molecule has 0 bridgehead atoms. The lowest BCUT2D eigenvalue weighted by Crippen LogP contribution is -2.54. The van der Waals surface area contributed by atoms with Crippen LogP contribution < -0.4 is 5.32 Å². The second-order valence-corrected chi connectivity index (χ2v) is 6.55. The second-order valence-electron chi connectivity index (χ2n) is 6.55. The van der Waals surface area contributed by atoms with Crippen molar-refractivity contribution >= 4 is 11.9 Å². The average molecular weight is 333 g/mol. The predicted octanol–water partition coefficient (Wildman–Crippen LogP) is 2.88. The summed E-state index contributed by atoms with van der Waals surface area (Å²) in [6.07, 6.45) is 4.79. The van der Waals surface area contributed by atoms with E-state index in [1.165, 1.54) is 0 Å². The van der Waals surface area contributed by atoms with Crippen molar-refractivity contribution in [2.45, 2.75) is 56.5 Å². The molecule has 1 aliphatic carbocycles. The number of hydrogen-bond acceptors (Lipinski definition) is 3. The van der Waals surface area contributed by atoms with Crippen LogP contribution in [0.2, 0.25) is 0 Å². The van der Waals surface area contributed by atoms with E-state index in [4.69, 9.17) is 4.74 Å². The van der Waals surface area contributed by atoms with Gasteiger partial charge in [-0.05, 0) is 24.8 Å². The summed E-state index contributed by atoms with van der Waals surface area (Å²) in [4.78, 5) is 24.7. The third-order valence-corrected chi connectivity index (χ3v) is 5.36. The SMILES string of the molecule is CCC(CNC(=O)C1(OC)CCCCC1)(C(=O)O)c1ccccc1. The summed E-state index contributed by atoms with van der Waals surface area (Å²) in [5, 5.41) is 12.7. The van der Waals surface area contributed by atoms with Crippen molar-refractivity contribution in [1.82, 2.24) is 5.32 Å². The first kappa shape index (κ1) is 18.5. The number of rotatable bonds is 7. The van der Waals surface area contributed by atoms with Gasteiger partial charge in [0.15, 0.2) is 0 Å². The number of hydrogen-bond donors (Lipinski definition) is 2. The number of benzene rings is 1. The van der Waals surface area contributed by atoms with Gasteiger partial charge in [-0.2, -0.15) is 0 Å². The zero-order valence-electron chi connectivity index (χ0n) is 14.5. The normalized spacial score (nSPS) is 19.2. The maximum atomic E-state index is 12.7. The Bertz CT molecular complexity index is 566. The van der Waals surface area contributed by atoms with Crippen molar-refractivity contribution in [3.05, 3.63) is 35.9 Å². The van der Waals surface area contributed by atoms with E-state index in [9.17, 15) is 14.7 Å². The zero-order chi connectivity index (χ0) is 17.6. The molecule has 0 radical (unpaired) electrons. The highest BCUT2D eigenvalue weighted by Crippen LogP contribution is 2.32. The number of nitrogens with one attached hydrogen (secondary N) is 1. The minimum absolute atomic E-state index is 0.0623. The van der Waals surface area contributed by atoms with Gasteiger partial charge in [-0.3, -0.25) is 9.59 Å². The Kier molecular flexibility index (Phi) is 5.99. The Hall–Kier alpha value is -1.88. The molecule has 0 aliphatic heterocycles. The molecule has 0 spiro atoms. The Morgan fingerprint density at radius 3 is 2.33 bits per heavy atom. The fourth-order valence-electron chi connectivity index (χ4n) is 3.58. The van der Waals surface area contributed by atoms with Crippen LogP contribution in [0.4, 0.5) is 0 Å². The quantitative estimate of drug-likeness (QED) is 0.804. The van der Waals surface area contributed by atoms with E-state index in [0.717, 1.165) is 19.3 Å². The summed E-state index contributed by atoms with van der Waals surface area (Å²) < 4.78 is 5.55. The first-order valence-electron chi connectivity index (χ1n) is 8.63. The van der Waals surface area contributed by atoms with Crippen LogP contribution in [-0.2, 0) is 19.7 Å². The lowest BCUT2D eigenvalue weighted by Gasteiger charge is -2.36. The Balaban J connectivity index is 2.19. The standard InChI is InChI=1S/C19H27NO4/c1-3-18(17(22)23,15-10-6-4-7-11-15)14-20-16(21)19(24-2)12-8-5-9-13-19/h4,6-7,10-11H,3,5,8-9,12-14H2,1-2H3,(H,20,21)(H,22,23). The van der Waals surface area contributed by atoms with Crippen molar-refractivity contribution in [2.75, 3.05) is 13.7 Å². The average Bonchev–Trinajstić information content (AvgIpc) is 2.63. The van der Waals surface area contributed by atoms with E-state index in [0.29, 0.717) is 24.8 Å². The molecule has 5 heteroatoms. The van der Waals surface area contributed by atoms with E-state index in [1.807, 2.05) is 25.1 Å². The molecule has 2 N–H and O–H groups in total. The summed E-state index contributed by atoms with van der Waals surface area (Å²) >= 11 is 0. The van der Waals surface area contributed by atoms with Crippen LogP contribution >= 0.6 is 0 Å². The van der Waals surface area contributed by atoms with E-state index >= 15 is 0 Å². The minimum atomic E-state index is -1.12. The molecule has 1 atom stereocenters. The molecule has 1 aliphatic rings. The summed E-state index contributed by atoms with van der Waals surface area (Å²) in [5.74, 6) is -1.12. The largest absolute Gasteiger partial charge is 0.481 e. The molecule has 1 aromatic carbocycles. The summed E-state index contributed by atoms with van der Waals surface area (Å²) in [6.45, 7) is 1.90. The Labute approximate surface area is 143 Å². The van der Waals surface area contributed by atoms with Gasteiger partial charge in [0.05, 0.1) is 0 Å². The van der Waals surface area contributed by atoms with Crippen LogP contribution in [0.25, 0.3) is 0 Å². The van der Waals surface area contributed by atoms with Crippen molar-refractivity contribution in [1.29, 1.82) is 0 Å². The van der Waals surface area contributed by atoms with Gasteiger partial charge in [0.25, 0.3) is 5.91 Å². The number of carbonyl (C=O) groups is 2. The first-order chi connectivity index (χ1) is 11.5. The lowest BCUT2D eigenvalue weighted by atomic mass is 9.77. The predicted molar refractivity (Wildman–Crippen MR) is 91.9 cm³/mol. The topological polar surface area (TPSA) is 75.6 Å². The molecule has 1 unspecified atom stereocenters. The molecule has 1 fully saturated rings. The molecule has 1 aromatic rings. The molecule has 0 saturated heterocycles. The van der Waals surface area contributed by atoms with Gasteiger partial charge in [-0.15, -0.1) is 0 Å². The molecule has 0 aromatic heterocycles. The van der Waals surface area contributed by atoms with Crippen LogP contribution in [0.1, 0.15) is 51.0 Å². The maximum Gasteiger partial charge on any atom is 0.315 e. The fourth-order valence-corrected chi connectivity index (χ4v) is 3.58. The molecule has 132 valence electrons. The monoisotopic (exact) mass is 333 g/mol. The van der Waals surface area contributed by atoms with Crippen LogP contribution in [0.15, 0.2) is 30.3 Å². The van der Waals surface area contributed by atoms with Crippen LogP contribution in [-0.4, -0.2) is 36.2 Å². The molecule has 1 amide bonds. The second kappa shape index (κ2) is 7.79. The smallest absolute Gasteiger partial charge is 0.315 e. The van der Waals surface area contributed by atoms with Crippen LogP contribution in [0.5, 0.6) is 0 Å². The number of carboxylic acids is 1. The molecular formula is C19H27NO4. The summed E-state index contributed by atoms with van der Waals surface area (Å²) in [7, 11) is 1.56. The van der Waals surface area contributed by atoms with E-state index in [-0.39, 0.29) is 12.5 Å². The Morgan fingerprint density at radius 2 is 1.83 bits per heavy atom. The summed E-state index contributed by atoms with van der Waals surface area (Å²) in [6, 6.07) is 9.10. The fraction of sp³-hybridized carbons (Fsp3) is 0.579. The van der Waals surface area contributed by atoms with Gasteiger partial charge in [-0.1, -0.05) is 56.5 Å². The first-order valence-corrected chi connectivity index (χ1v) is 8.63. The van der Waals surface area contributed by atoms with E-state index in [2.05, 4.69) is 5.32 Å². The number of ether oxygens (including phenoxy) is 1. The van der Waals surface area contributed by atoms with Crippen molar-refractivity contribution < 1.29 is 19.4 Å². The van der Waals surface area contributed by atoms with Gasteiger partial charge in [0, 0.05) is 13.7 Å². The van der Waals surface area contributed by atoms with E-state index < -0.39 is 17.0 Å². The summed E-state index contributed by atoms with van der Waals surface area (Å²) in [5.41, 5.74) is -1.23. The number of methoxy groups -OCH3 is 1. The van der Waals surface area contributed by atoms with Gasteiger partial charge in [0.2, 0.25) is 0 Å². The highest BCUT2D eigenvalue weighted by Gasteiger charge is 2.43. The van der Waals surface area contributed by atoms with Gasteiger partial charge < -0.3 is 15.2 Å². The zero-order valence-corrected chi connectivity index (χ0v) is 14.5. The maximum absolute atomic E-state index is 12.7. The third kappa shape index (κ3) is 3.46. The molecule has 1 saturated carbocycles. The van der Waals surface area contributed by atoms with Crippen LogP contribution in [0.3, 0.4) is 0 Å². The lowest BCUT2D eigenvalue weighted by molar-refractivity contribution is -0.149. The number of aliphatic carboxylic acids is 1. The molecule has 24 heavy (non-hydrogen) atoms. The van der Waals surface area contributed by atoms with Gasteiger partial charge >= 0.3 is 5.97 Å². The van der Waals surface area contributed by atoms with Gasteiger partial charge in [-0.25, -0.2) is 0 Å². The minimum Gasteiger partial charge on any atom is -0.481 e. The Morgan fingerprint density at radius 1 is 1.21 bits per heavy atom. The van der Waals surface area contributed by atoms with Gasteiger partial charge in [0.1, 0.15) is 11.0 Å². The van der Waals surface area contributed by atoms with Crippen LogP contribution in [0, 0.1) is 0 Å². The highest BCUT2D eigenvalue weighted by molar-refractivity contribution is 5.87. The van der Waals surface area contributed by atoms with Crippen molar-refractivity contribution in [3.63, 3.8) is 0 Å². The molecule has 5 nitrogen and oxygen atoms in total. The number of carbonyl (C=O) groups excluding carboxylic acids is 1. The molecule has 0 heterocycles. The third-order valence-electron chi connectivity index (χ3n) is 5.36. The van der Waals surface area contributed by atoms with E-state index in [1.54, 1.807) is 19.2 Å². The molecular weight excluding hydrogens is 306 g/mol. The number of amides is 1. The highest BCUT2D eigenvalue weighted by atomic mass is 16.5. The number of carboxylic acid groups (broad SMARTS) is 1. The molecule has 2 rings (SSSR count).